The Bertz CT molecular complexity index is 668. The monoisotopic (exact) mass is 328 g/mol. The van der Waals surface area contributed by atoms with Gasteiger partial charge in [0.2, 0.25) is 0 Å². The molecule has 0 heterocycles. The van der Waals surface area contributed by atoms with Crippen LogP contribution in [0.5, 0.6) is 5.75 Å². The van der Waals surface area contributed by atoms with Gasteiger partial charge in [-0.1, -0.05) is 35.4 Å². The number of thiocarbonyl (C=S) groups is 1. The zero-order valence-corrected chi connectivity index (χ0v) is 15.0. The van der Waals surface area contributed by atoms with E-state index in [0.29, 0.717) is 11.7 Å². The third-order valence-corrected chi connectivity index (χ3v) is 3.75. The van der Waals surface area contributed by atoms with Gasteiger partial charge in [-0.05, 0) is 63.7 Å². The number of hydrogen-bond acceptors (Lipinski definition) is 2. The van der Waals surface area contributed by atoms with Crippen molar-refractivity contribution in [3.8, 4) is 5.75 Å². The van der Waals surface area contributed by atoms with Crippen molar-refractivity contribution in [3.63, 3.8) is 0 Å². The van der Waals surface area contributed by atoms with E-state index < -0.39 is 0 Å². The van der Waals surface area contributed by atoms with Gasteiger partial charge in [0.15, 0.2) is 5.11 Å². The summed E-state index contributed by atoms with van der Waals surface area (Å²) in [4.78, 5) is 0. The van der Waals surface area contributed by atoms with E-state index in [1.54, 1.807) is 0 Å². The molecule has 0 aromatic heterocycles. The predicted molar refractivity (Wildman–Crippen MR) is 101 cm³/mol. The van der Waals surface area contributed by atoms with Gasteiger partial charge in [-0.2, -0.15) is 0 Å². The number of aryl methyl sites for hydroxylation is 3. The topological polar surface area (TPSA) is 33.3 Å². The minimum Gasteiger partial charge on any atom is -0.491 e. The summed E-state index contributed by atoms with van der Waals surface area (Å²) in [5, 5.41) is 7.09. The molecule has 0 aliphatic carbocycles. The number of ether oxygens (including phenoxy) is 1. The second kappa shape index (κ2) is 7.97. The molecule has 0 saturated carbocycles. The van der Waals surface area contributed by atoms with Crippen molar-refractivity contribution in [2.75, 3.05) is 11.9 Å². The summed E-state index contributed by atoms with van der Waals surface area (Å²) in [7, 11) is 0. The van der Waals surface area contributed by atoms with E-state index in [0.717, 1.165) is 11.4 Å². The molecule has 0 radical (unpaired) electrons. The van der Waals surface area contributed by atoms with Gasteiger partial charge in [-0.3, -0.25) is 0 Å². The Labute approximate surface area is 144 Å². The van der Waals surface area contributed by atoms with Gasteiger partial charge in [0, 0.05) is 5.69 Å². The van der Waals surface area contributed by atoms with Gasteiger partial charge in [-0.25, -0.2) is 0 Å². The fourth-order valence-electron chi connectivity index (χ4n) is 2.23. The molecule has 2 N–H and O–H groups in total. The molecule has 0 unspecified atom stereocenters. The van der Waals surface area contributed by atoms with Gasteiger partial charge in [0.25, 0.3) is 0 Å². The Morgan fingerprint density at radius 2 is 1.70 bits per heavy atom. The van der Waals surface area contributed by atoms with Crippen molar-refractivity contribution >= 4 is 23.0 Å². The largest absolute Gasteiger partial charge is 0.491 e. The normalized spacial score (nSPS) is 11.7. The van der Waals surface area contributed by atoms with Crippen molar-refractivity contribution < 1.29 is 4.74 Å². The summed E-state index contributed by atoms with van der Waals surface area (Å²) in [6, 6.07) is 14.4. The van der Waals surface area contributed by atoms with E-state index in [2.05, 4.69) is 43.5 Å². The molecule has 0 bridgehead atoms. The Morgan fingerprint density at radius 3 is 2.35 bits per heavy atom. The molecule has 2 aromatic rings. The second-order valence-corrected chi connectivity index (χ2v) is 6.35. The molecule has 0 saturated heterocycles. The number of nitrogens with one attached hydrogen (secondary N) is 2. The lowest BCUT2D eigenvalue weighted by Gasteiger charge is -2.18. The van der Waals surface area contributed by atoms with E-state index >= 15 is 0 Å². The van der Waals surface area contributed by atoms with E-state index in [1.807, 2.05) is 37.3 Å². The molecule has 0 aliphatic rings. The Morgan fingerprint density at radius 1 is 1.04 bits per heavy atom. The van der Waals surface area contributed by atoms with Gasteiger partial charge in [0.05, 0.1) is 6.04 Å². The first kappa shape index (κ1) is 17.3. The van der Waals surface area contributed by atoms with Crippen LogP contribution in [0.4, 0.5) is 5.69 Å². The van der Waals surface area contributed by atoms with Crippen LogP contribution in [0, 0.1) is 20.8 Å². The SMILES string of the molecule is Cc1ccc(OC[C@@H](C)NC(=S)Nc2ccc(C)cc2C)cc1. The van der Waals surface area contributed by atoms with E-state index in [1.165, 1.54) is 16.7 Å². The van der Waals surface area contributed by atoms with Gasteiger partial charge < -0.3 is 15.4 Å². The molecule has 1 atom stereocenters. The Balaban J connectivity index is 1.81. The lowest BCUT2D eigenvalue weighted by Crippen LogP contribution is -2.39. The maximum atomic E-state index is 5.76. The zero-order chi connectivity index (χ0) is 16.8. The van der Waals surface area contributed by atoms with Crippen molar-refractivity contribution in [1.82, 2.24) is 5.32 Å². The van der Waals surface area contributed by atoms with Crippen molar-refractivity contribution in [2.24, 2.45) is 0 Å². The van der Waals surface area contributed by atoms with Crippen molar-refractivity contribution in [3.05, 3.63) is 59.2 Å². The average molecular weight is 328 g/mol. The van der Waals surface area contributed by atoms with Crippen LogP contribution in [0.15, 0.2) is 42.5 Å². The lowest BCUT2D eigenvalue weighted by atomic mass is 10.1. The number of anilines is 1. The molecule has 0 spiro atoms. The minimum atomic E-state index is 0.113. The molecule has 0 amide bonds. The Hall–Kier alpha value is -2.07. The summed E-state index contributed by atoms with van der Waals surface area (Å²) >= 11 is 5.37. The highest BCUT2D eigenvalue weighted by atomic mass is 32.1. The van der Waals surface area contributed by atoms with E-state index in [4.69, 9.17) is 17.0 Å². The third-order valence-electron chi connectivity index (χ3n) is 3.53. The molecule has 23 heavy (non-hydrogen) atoms. The average Bonchev–Trinajstić information content (AvgIpc) is 2.49. The fraction of sp³-hybridized carbons (Fsp3) is 0.316. The maximum absolute atomic E-state index is 5.76. The first-order valence-electron chi connectivity index (χ1n) is 7.78. The van der Waals surface area contributed by atoms with Crippen LogP contribution in [-0.2, 0) is 0 Å². The molecule has 122 valence electrons. The molecular formula is C19H24N2OS. The molecule has 3 nitrogen and oxygen atoms in total. The Kier molecular flexibility index (Phi) is 5.99. The third kappa shape index (κ3) is 5.57. The van der Waals surface area contributed by atoms with Crippen molar-refractivity contribution in [1.29, 1.82) is 0 Å². The van der Waals surface area contributed by atoms with Crippen LogP contribution in [0.25, 0.3) is 0 Å². The molecule has 4 heteroatoms. The van der Waals surface area contributed by atoms with Crippen LogP contribution < -0.4 is 15.4 Å². The molecular weight excluding hydrogens is 304 g/mol. The zero-order valence-electron chi connectivity index (χ0n) is 14.1. The summed E-state index contributed by atoms with van der Waals surface area (Å²) in [5.74, 6) is 0.873. The summed E-state index contributed by atoms with van der Waals surface area (Å²) in [6.07, 6.45) is 0. The lowest BCUT2D eigenvalue weighted by molar-refractivity contribution is 0.287. The van der Waals surface area contributed by atoms with E-state index in [9.17, 15) is 0 Å². The summed E-state index contributed by atoms with van der Waals surface area (Å²) in [5.41, 5.74) is 4.67. The molecule has 0 fully saturated rings. The van der Waals surface area contributed by atoms with Crippen LogP contribution in [0.3, 0.4) is 0 Å². The van der Waals surface area contributed by atoms with Crippen LogP contribution in [0.2, 0.25) is 0 Å². The summed E-state index contributed by atoms with van der Waals surface area (Å²) in [6.45, 7) is 8.81. The first-order valence-corrected chi connectivity index (χ1v) is 8.19. The van der Waals surface area contributed by atoms with Gasteiger partial charge in [-0.15, -0.1) is 0 Å². The van der Waals surface area contributed by atoms with E-state index in [-0.39, 0.29) is 6.04 Å². The highest BCUT2D eigenvalue weighted by Gasteiger charge is 2.07. The highest BCUT2D eigenvalue weighted by Crippen LogP contribution is 2.16. The van der Waals surface area contributed by atoms with Crippen LogP contribution in [-0.4, -0.2) is 17.8 Å². The number of benzene rings is 2. The quantitative estimate of drug-likeness (QED) is 0.799. The standard InChI is InChI=1S/C19H24N2OS/c1-13-5-8-17(9-6-13)22-12-16(4)20-19(23)21-18-10-7-14(2)11-15(18)3/h5-11,16H,12H2,1-4H3,(H2,20,21,23)/t16-/m1/s1. The van der Waals surface area contributed by atoms with Gasteiger partial charge in [0.1, 0.15) is 12.4 Å². The molecule has 2 aromatic carbocycles. The number of hydrogen-bond donors (Lipinski definition) is 2. The minimum absolute atomic E-state index is 0.113. The number of rotatable bonds is 5. The second-order valence-electron chi connectivity index (χ2n) is 5.94. The molecule has 2 rings (SSSR count). The first-order chi connectivity index (χ1) is 10.9. The van der Waals surface area contributed by atoms with Crippen LogP contribution in [0.1, 0.15) is 23.6 Å². The van der Waals surface area contributed by atoms with Crippen LogP contribution >= 0.6 is 12.2 Å². The fourth-order valence-corrected chi connectivity index (χ4v) is 2.54. The molecule has 0 aliphatic heterocycles. The maximum Gasteiger partial charge on any atom is 0.171 e. The summed E-state index contributed by atoms with van der Waals surface area (Å²) < 4.78 is 5.76. The predicted octanol–water partition coefficient (Wildman–Crippen LogP) is 4.37. The van der Waals surface area contributed by atoms with Crippen molar-refractivity contribution in [2.45, 2.75) is 33.7 Å². The smallest absolute Gasteiger partial charge is 0.171 e. The highest BCUT2D eigenvalue weighted by molar-refractivity contribution is 7.80. The van der Waals surface area contributed by atoms with Gasteiger partial charge >= 0.3 is 0 Å².